The summed E-state index contributed by atoms with van der Waals surface area (Å²) in [5.74, 6) is 1.94. The third-order valence-corrected chi connectivity index (χ3v) is 4.20. The molecule has 0 bridgehead atoms. The van der Waals surface area contributed by atoms with Crippen LogP contribution < -0.4 is 5.73 Å². The maximum atomic E-state index is 13.8. The summed E-state index contributed by atoms with van der Waals surface area (Å²) in [6, 6.07) is 4.62. The zero-order valence-electron chi connectivity index (χ0n) is 9.53. The van der Waals surface area contributed by atoms with E-state index in [2.05, 4.69) is 4.90 Å². The summed E-state index contributed by atoms with van der Waals surface area (Å²) >= 11 is 7.85. The van der Waals surface area contributed by atoms with Crippen LogP contribution in [-0.4, -0.2) is 36.0 Å². The van der Waals surface area contributed by atoms with Crippen LogP contribution in [0.25, 0.3) is 0 Å². The lowest BCUT2D eigenvalue weighted by Crippen LogP contribution is -2.39. The van der Waals surface area contributed by atoms with E-state index >= 15 is 0 Å². The van der Waals surface area contributed by atoms with Crippen molar-refractivity contribution in [2.45, 2.75) is 6.04 Å². The van der Waals surface area contributed by atoms with E-state index in [9.17, 15) is 4.39 Å². The number of hydrogen-bond donors (Lipinski definition) is 1. The van der Waals surface area contributed by atoms with Crippen molar-refractivity contribution in [1.29, 1.82) is 0 Å². The van der Waals surface area contributed by atoms with Gasteiger partial charge in [-0.15, -0.1) is 0 Å². The van der Waals surface area contributed by atoms with E-state index in [0.717, 1.165) is 24.6 Å². The van der Waals surface area contributed by atoms with Crippen molar-refractivity contribution in [3.8, 4) is 0 Å². The Kier molecular flexibility index (Phi) is 4.68. The van der Waals surface area contributed by atoms with Crippen molar-refractivity contribution in [2.24, 2.45) is 5.73 Å². The summed E-state index contributed by atoms with van der Waals surface area (Å²) < 4.78 is 13.8. The number of nitrogens with zero attached hydrogens (tertiary/aromatic N) is 1. The summed E-state index contributed by atoms with van der Waals surface area (Å²) in [5, 5.41) is 0.561. The van der Waals surface area contributed by atoms with E-state index < -0.39 is 0 Å². The second kappa shape index (κ2) is 6.05. The van der Waals surface area contributed by atoms with E-state index in [0.29, 0.717) is 17.1 Å². The summed E-state index contributed by atoms with van der Waals surface area (Å²) in [5.41, 5.74) is 6.41. The van der Waals surface area contributed by atoms with Gasteiger partial charge in [0.25, 0.3) is 0 Å². The van der Waals surface area contributed by atoms with Gasteiger partial charge in [-0.05, 0) is 18.2 Å². The van der Waals surface area contributed by atoms with Crippen LogP contribution >= 0.6 is 23.4 Å². The van der Waals surface area contributed by atoms with Crippen molar-refractivity contribution in [2.75, 3.05) is 31.1 Å². The Morgan fingerprint density at radius 3 is 2.76 bits per heavy atom. The summed E-state index contributed by atoms with van der Waals surface area (Å²) in [6.45, 7) is 2.33. The molecule has 17 heavy (non-hydrogen) atoms. The van der Waals surface area contributed by atoms with Gasteiger partial charge in [0.15, 0.2) is 0 Å². The Balaban J connectivity index is 2.24. The fourth-order valence-electron chi connectivity index (χ4n) is 2.13. The molecule has 0 saturated carbocycles. The lowest BCUT2D eigenvalue weighted by Gasteiger charge is -2.34. The number of nitrogens with two attached hydrogens (primary N) is 1. The summed E-state index contributed by atoms with van der Waals surface area (Å²) in [4.78, 5) is 2.24. The number of thioether (sulfide) groups is 1. The van der Waals surface area contributed by atoms with Crippen LogP contribution in [0.1, 0.15) is 11.6 Å². The third kappa shape index (κ3) is 3.13. The Hall–Kier alpha value is -0.290. The molecule has 0 amide bonds. The highest BCUT2D eigenvalue weighted by atomic mass is 35.5. The SMILES string of the molecule is NCC(c1cc(Cl)ccc1F)N1CCSCC1. The second-order valence-corrected chi connectivity index (χ2v) is 5.73. The van der Waals surface area contributed by atoms with Gasteiger partial charge in [0.1, 0.15) is 5.82 Å². The molecule has 1 atom stereocenters. The Morgan fingerprint density at radius 2 is 2.12 bits per heavy atom. The van der Waals surface area contributed by atoms with Gasteiger partial charge in [-0.3, -0.25) is 4.90 Å². The molecule has 1 saturated heterocycles. The van der Waals surface area contributed by atoms with Crippen LogP contribution in [0.15, 0.2) is 18.2 Å². The first-order valence-corrected chi connectivity index (χ1v) is 7.22. The molecule has 1 aliphatic rings. The average molecular weight is 275 g/mol. The van der Waals surface area contributed by atoms with Gasteiger partial charge in [0, 0.05) is 41.7 Å². The lowest BCUT2D eigenvalue weighted by atomic mass is 10.0. The number of rotatable bonds is 3. The molecular formula is C12H16ClFN2S. The lowest BCUT2D eigenvalue weighted by molar-refractivity contribution is 0.219. The molecule has 0 radical (unpaired) electrons. The highest BCUT2D eigenvalue weighted by Gasteiger charge is 2.23. The van der Waals surface area contributed by atoms with Gasteiger partial charge in [-0.2, -0.15) is 11.8 Å². The van der Waals surface area contributed by atoms with E-state index in [1.807, 2.05) is 11.8 Å². The topological polar surface area (TPSA) is 29.3 Å². The standard InChI is InChI=1S/C12H16ClFN2S/c13-9-1-2-11(14)10(7-9)12(8-15)16-3-5-17-6-4-16/h1-2,7,12H,3-6,8,15H2. The van der Waals surface area contributed by atoms with E-state index in [1.54, 1.807) is 12.1 Å². The molecule has 94 valence electrons. The highest BCUT2D eigenvalue weighted by Crippen LogP contribution is 2.27. The van der Waals surface area contributed by atoms with Crippen LogP contribution in [0.2, 0.25) is 5.02 Å². The number of benzene rings is 1. The molecule has 1 aromatic rings. The largest absolute Gasteiger partial charge is 0.329 e. The van der Waals surface area contributed by atoms with Gasteiger partial charge in [-0.25, -0.2) is 4.39 Å². The molecule has 2 nitrogen and oxygen atoms in total. The highest BCUT2D eigenvalue weighted by molar-refractivity contribution is 7.99. The van der Waals surface area contributed by atoms with Crippen LogP contribution in [-0.2, 0) is 0 Å². The van der Waals surface area contributed by atoms with Gasteiger partial charge in [-0.1, -0.05) is 11.6 Å². The third-order valence-electron chi connectivity index (χ3n) is 3.03. The van der Waals surface area contributed by atoms with E-state index in [4.69, 9.17) is 17.3 Å². The van der Waals surface area contributed by atoms with Gasteiger partial charge in [0.2, 0.25) is 0 Å². The molecule has 0 spiro atoms. The zero-order chi connectivity index (χ0) is 12.3. The minimum atomic E-state index is -0.219. The molecule has 0 aliphatic carbocycles. The monoisotopic (exact) mass is 274 g/mol. The van der Waals surface area contributed by atoms with Gasteiger partial charge < -0.3 is 5.73 Å². The first-order valence-electron chi connectivity index (χ1n) is 5.69. The molecule has 2 rings (SSSR count). The first-order chi connectivity index (χ1) is 8.22. The molecule has 1 unspecified atom stereocenters. The molecule has 1 heterocycles. The maximum Gasteiger partial charge on any atom is 0.128 e. The van der Waals surface area contributed by atoms with Crippen LogP contribution in [0, 0.1) is 5.82 Å². The fourth-order valence-corrected chi connectivity index (χ4v) is 3.24. The fraction of sp³-hybridized carbons (Fsp3) is 0.500. The molecule has 5 heteroatoms. The molecular weight excluding hydrogens is 259 g/mol. The predicted molar refractivity (Wildman–Crippen MR) is 72.1 cm³/mol. The Labute approximate surface area is 110 Å². The predicted octanol–water partition coefficient (Wildman–Crippen LogP) is 2.53. The zero-order valence-corrected chi connectivity index (χ0v) is 11.1. The van der Waals surface area contributed by atoms with Crippen LogP contribution in [0.5, 0.6) is 0 Å². The Bertz CT molecular complexity index is 383. The first kappa shape index (κ1) is 13.1. The summed E-state index contributed by atoms with van der Waals surface area (Å²) in [7, 11) is 0. The van der Waals surface area contributed by atoms with Gasteiger partial charge >= 0.3 is 0 Å². The van der Waals surface area contributed by atoms with Crippen LogP contribution in [0.4, 0.5) is 4.39 Å². The number of hydrogen-bond acceptors (Lipinski definition) is 3. The van der Waals surface area contributed by atoms with E-state index in [-0.39, 0.29) is 11.9 Å². The average Bonchev–Trinajstić information content (AvgIpc) is 2.36. The molecule has 1 aromatic carbocycles. The quantitative estimate of drug-likeness (QED) is 0.918. The summed E-state index contributed by atoms with van der Waals surface area (Å²) in [6.07, 6.45) is 0. The van der Waals surface area contributed by atoms with Crippen LogP contribution in [0.3, 0.4) is 0 Å². The maximum absolute atomic E-state index is 13.8. The van der Waals surface area contributed by atoms with E-state index in [1.165, 1.54) is 6.07 Å². The van der Waals surface area contributed by atoms with Crippen molar-refractivity contribution >= 4 is 23.4 Å². The van der Waals surface area contributed by atoms with Gasteiger partial charge in [0.05, 0.1) is 6.04 Å². The van der Waals surface area contributed by atoms with Crippen molar-refractivity contribution in [3.05, 3.63) is 34.6 Å². The smallest absolute Gasteiger partial charge is 0.128 e. The second-order valence-electron chi connectivity index (χ2n) is 4.07. The normalized spacial score (nSPS) is 19.2. The molecule has 1 fully saturated rings. The van der Waals surface area contributed by atoms with Crippen molar-refractivity contribution in [1.82, 2.24) is 4.90 Å². The van der Waals surface area contributed by atoms with Crippen molar-refractivity contribution in [3.63, 3.8) is 0 Å². The van der Waals surface area contributed by atoms with Crippen molar-refractivity contribution < 1.29 is 4.39 Å². The minimum absolute atomic E-state index is 0.0606. The number of halogens is 2. The minimum Gasteiger partial charge on any atom is -0.329 e. The Morgan fingerprint density at radius 1 is 1.41 bits per heavy atom. The molecule has 2 N–H and O–H groups in total. The molecule has 1 aliphatic heterocycles. The molecule has 0 aromatic heterocycles.